The molecule has 0 saturated carbocycles. The van der Waals surface area contributed by atoms with E-state index in [2.05, 4.69) is 15.6 Å². The van der Waals surface area contributed by atoms with Crippen molar-refractivity contribution in [1.82, 2.24) is 10.3 Å². The molecule has 3 rings (SSSR count). The monoisotopic (exact) mass is 335 g/mol. The van der Waals surface area contributed by atoms with E-state index in [1.165, 1.54) is 6.92 Å². The molecule has 3 aromatic rings. The zero-order valence-electron chi connectivity index (χ0n) is 13.7. The molecule has 0 unspecified atom stereocenters. The summed E-state index contributed by atoms with van der Waals surface area (Å²) < 4.78 is 5.16. The van der Waals surface area contributed by atoms with Crippen LogP contribution >= 0.6 is 0 Å². The van der Waals surface area contributed by atoms with Crippen molar-refractivity contribution in [2.75, 3.05) is 5.32 Å². The van der Waals surface area contributed by atoms with E-state index in [0.29, 0.717) is 23.6 Å². The lowest BCUT2D eigenvalue weighted by Gasteiger charge is -2.08. The first-order chi connectivity index (χ1) is 12.1. The molecule has 1 aromatic carbocycles. The van der Waals surface area contributed by atoms with Crippen LogP contribution in [0, 0.1) is 0 Å². The SMILES string of the molecule is CC(=O)c1cccc(Nc2ccc(C(=O)NCc3ccco3)nc2)c1. The van der Waals surface area contributed by atoms with Gasteiger partial charge in [-0.15, -0.1) is 0 Å². The first-order valence-electron chi connectivity index (χ1n) is 7.76. The summed E-state index contributed by atoms with van der Waals surface area (Å²) >= 11 is 0. The largest absolute Gasteiger partial charge is 0.467 e. The molecule has 0 aliphatic rings. The molecule has 6 heteroatoms. The Morgan fingerprint density at radius 1 is 1.08 bits per heavy atom. The fourth-order valence-corrected chi connectivity index (χ4v) is 2.26. The van der Waals surface area contributed by atoms with Crippen LogP contribution in [0.5, 0.6) is 0 Å². The van der Waals surface area contributed by atoms with Crippen LogP contribution in [0.2, 0.25) is 0 Å². The molecular weight excluding hydrogens is 318 g/mol. The minimum Gasteiger partial charge on any atom is -0.467 e. The van der Waals surface area contributed by atoms with Gasteiger partial charge in [-0.1, -0.05) is 12.1 Å². The lowest BCUT2D eigenvalue weighted by atomic mass is 10.1. The summed E-state index contributed by atoms with van der Waals surface area (Å²) in [6.07, 6.45) is 3.13. The fourth-order valence-electron chi connectivity index (χ4n) is 2.26. The molecule has 0 fully saturated rings. The van der Waals surface area contributed by atoms with Crippen LogP contribution in [0.1, 0.15) is 33.5 Å². The van der Waals surface area contributed by atoms with Gasteiger partial charge in [0.2, 0.25) is 0 Å². The molecule has 6 nitrogen and oxygen atoms in total. The van der Waals surface area contributed by atoms with Crippen LogP contribution in [-0.2, 0) is 6.54 Å². The molecule has 0 saturated heterocycles. The number of pyridine rings is 1. The molecule has 0 bridgehead atoms. The number of aromatic nitrogens is 1. The average molecular weight is 335 g/mol. The van der Waals surface area contributed by atoms with Crippen LogP contribution in [-0.4, -0.2) is 16.7 Å². The zero-order valence-corrected chi connectivity index (χ0v) is 13.7. The molecule has 1 amide bonds. The van der Waals surface area contributed by atoms with E-state index in [9.17, 15) is 9.59 Å². The Balaban J connectivity index is 1.62. The maximum Gasteiger partial charge on any atom is 0.270 e. The van der Waals surface area contributed by atoms with Crippen molar-refractivity contribution in [3.8, 4) is 0 Å². The van der Waals surface area contributed by atoms with E-state index in [1.54, 1.807) is 48.9 Å². The second-order valence-electron chi connectivity index (χ2n) is 5.46. The predicted octanol–water partition coefficient (Wildman–Crippen LogP) is 3.55. The highest BCUT2D eigenvalue weighted by molar-refractivity contribution is 5.95. The van der Waals surface area contributed by atoms with Crippen molar-refractivity contribution in [2.24, 2.45) is 0 Å². The van der Waals surface area contributed by atoms with Gasteiger partial charge in [0.15, 0.2) is 5.78 Å². The van der Waals surface area contributed by atoms with Crippen molar-refractivity contribution in [1.29, 1.82) is 0 Å². The van der Waals surface area contributed by atoms with Crippen LogP contribution < -0.4 is 10.6 Å². The molecule has 0 aliphatic carbocycles. The van der Waals surface area contributed by atoms with E-state index in [4.69, 9.17) is 4.42 Å². The maximum absolute atomic E-state index is 12.1. The van der Waals surface area contributed by atoms with Gasteiger partial charge in [-0.25, -0.2) is 4.98 Å². The summed E-state index contributed by atoms with van der Waals surface area (Å²) in [6.45, 7) is 1.84. The highest BCUT2D eigenvalue weighted by atomic mass is 16.3. The maximum atomic E-state index is 12.1. The minimum absolute atomic E-state index is 0.00495. The summed E-state index contributed by atoms with van der Waals surface area (Å²) in [5.41, 5.74) is 2.45. The number of carbonyl (C=O) groups is 2. The lowest BCUT2D eigenvalue weighted by molar-refractivity contribution is 0.0942. The minimum atomic E-state index is -0.276. The quantitative estimate of drug-likeness (QED) is 0.673. The smallest absolute Gasteiger partial charge is 0.270 e. The van der Waals surface area contributed by atoms with Crippen molar-refractivity contribution >= 4 is 23.1 Å². The first-order valence-corrected chi connectivity index (χ1v) is 7.76. The van der Waals surface area contributed by atoms with Gasteiger partial charge in [0, 0.05) is 11.3 Å². The van der Waals surface area contributed by atoms with Gasteiger partial charge in [-0.2, -0.15) is 0 Å². The molecule has 2 aromatic heterocycles. The lowest BCUT2D eigenvalue weighted by Crippen LogP contribution is -2.23. The third-order valence-corrected chi connectivity index (χ3v) is 3.56. The Labute approximate surface area is 144 Å². The summed E-state index contributed by atoms with van der Waals surface area (Å²) in [5.74, 6) is 0.406. The predicted molar refractivity (Wildman–Crippen MR) is 93.8 cm³/mol. The Kier molecular flexibility index (Phi) is 4.89. The average Bonchev–Trinajstić information content (AvgIpc) is 3.14. The van der Waals surface area contributed by atoms with Gasteiger partial charge in [0.05, 0.1) is 24.7 Å². The number of carbonyl (C=O) groups excluding carboxylic acids is 2. The van der Waals surface area contributed by atoms with Crippen molar-refractivity contribution in [3.05, 3.63) is 78.0 Å². The van der Waals surface area contributed by atoms with E-state index in [0.717, 1.165) is 11.4 Å². The second kappa shape index (κ2) is 7.44. The number of anilines is 2. The number of amides is 1. The molecule has 2 heterocycles. The highest BCUT2D eigenvalue weighted by Crippen LogP contribution is 2.17. The molecule has 0 radical (unpaired) electrons. The van der Waals surface area contributed by atoms with Gasteiger partial charge in [-0.3, -0.25) is 9.59 Å². The third kappa shape index (κ3) is 4.32. The van der Waals surface area contributed by atoms with Crippen LogP contribution in [0.15, 0.2) is 65.4 Å². The number of rotatable bonds is 6. The zero-order chi connectivity index (χ0) is 17.6. The molecular formula is C19H17N3O3. The van der Waals surface area contributed by atoms with Gasteiger partial charge in [0.25, 0.3) is 5.91 Å². The number of hydrogen-bond donors (Lipinski definition) is 2. The van der Waals surface area contributed by atoms with Crippen LogP contribution in [0.25, 0.3) is 0 Å². The summed E-state index contributed by atoms with van der Waals surface area (Å²) in [4.78, 5) is 27.6. The molecule has 0 spiro atoms. The van der Waals surface area contributed by atoms with E-state index >= 15 is 0 Å². The number of hydrogen-bond acceptors (Lipinski definition) is 5. The molecule has 0 atom stereocenters. The summed E-state index contributed by atoms with van der Waals surface area (Å²) in [5, 5.41) is 5.90. The Morgan fingerprint density at radius 2 is 1.96 bits per heavy atom. The molecule has 25 heavy (non-hydrogen) atoms. The number of benzene rings is 1. The Hall–Kier alpha value is -3.41. The normalized spacial score (nSPS) is 10.3. The first kappa shape index (κ1) is 16.4. The molecule has 0 aliphatic heterocycles. The molecule has 126 valence electrons. The summed E-state index contributed by atoms with van der Waals surface area (Å²) in [6, 6.07) is 14.1. The van der Waals surface area contributed by atoms with E-state index in [1.807, 2.05) is 12.1 Å². The van der Waals surface area contributed by atoms with Crippen molar-refractivity contribution < 1.29 is 14.0 Å². The Bertz CT molecular complexity index is 871. The number of ketones is 1. The topological polar surface area (TPSA) is 84.2 Å². The van der Waals surface area contributed by atoms with Gasteiger partial charge in [0.1, 0.15) is 11.5 Å². The van der Waals surface area contributed by atoms with Crippen LogP contribution in [0.4, 0.5) is 11.4 Å². The summed E-state index contributed by atoms with van der Waals surface area (Å²) in [7, 11) is 0. The Morgan fingerprint density at radius 3 is 2.64 bits per heavy atom. The van der Waals surface area contributed by atoms with Gasteiger partial charge >= 0.3 is 0 Å². The van der Waals surface area contributed by atoms with Crippen LogP contribution in [0.3, 0.4) is 0 Å². The number of nitrogens with zero attached hydrogens (tertiary/aromatic N) is 1. The van der Waals surface area contributed by atoms with Gasteiger partial charge in [-0.05, 0) is 43.3 Å². The van der Waals surface area contributed by atoms with E-state index in [-0.39, 0.29) is 11.7 Å². The highest BCUT2D eigenvalue weighted by Gasteiger charge is 2.08. The standard InChI is InChI=1S/C19H17N3O3/c1-13(23)14-4-2-5-15(10-14)22-16-7-8-18(20-11-16)19(24)21-12-17-6-3-9-25-17/h2-11,22H,12H2,1H3,(H,21,24). The van der Waals surface area contributed by atoms with E-state index < -0.39 is 0 Å². The number of nitrogens with one attached hydrogen (secondary N) is 2. The fraction of sp³-hybridized carbons (Fsp3) is 0.105. The number of furan rings is 1. The third-order valence-electron chi connectivity index (χ3n) is 3.56. The van der Waals surface area contributed by atoms with Crippen molar-refractivity contribution in [2.45, 2.75) is 13.5 Å². The molecule has 2 N–H and O–H groups in total. The van der Waals surface area contributed by atoms with Gasteiger partial charge < -0.3 is 15.1 Å². The number of Topliss-reactive ketones (excluding diaryl/α,β-unsaturated/α-hetero) is 1. The van der Waals surface area contributed by atoms with Crippen molar-refractivity contribution in [3.63, 3.8) is 0 Å². The second-order valence-corrected chi connectivity index (χ2v) is 5.46.